The lowest BCUT2D eigenvalue weighted by molar-refractivity contribution is 0.483. The number of anilines is 2. The first-order valence-electron chi connectivity index (χ1n) is 9.77. The van der Waals surface area contributed by atoms with Crippen molar-refractivity contribution in [3.05, 3.63) is 45.5 Å². The number of rotatable bonds is 3. The SMILES string of the molecule is [3H]C1CCCN(c2nc3c(c(=O)[nH]2)CCN(c2ncccc2CF)CC3)C1. The van der Waals surface area contributed by atoms with E-state index in [0.29, 0.717) is 55.4 Å². The quantitative estimate of drug-likeness (QED) is 0.910. The van der Waals surface area contributed by atoms with Crippen LogP contribution in [-0.4, -0.2) is 41.1 Å². The minimum atomic E-state index is -0.557. The third-order valence-corrected chi connectivity index (χ3v) is 5.14. The molecule has 2 aliphatic heterocycles. The predicted octanol–water partition coefficient (Wildman–Crippen LogP) is 2.23. The van der Waals surface area contributed by atoms with Gasteiger partial charge in [0.05, 0.1) is 5.69 Å². The number of alkyl halides is 1. The molecule has 0 bridgehead atoms. The minimum Gasteiger partial charge on any atom is -0.356 e. The van der Waals surface area contributed by atoms with Gasteiger partial charge in [0.1, 0.15) is 12.5 Å². The molecule has 138 valence electrons. The van der Waals surface area contributed by atoms with Gasteiger partial charge >= 0.3 is 0 Å². The van der Waals surface area contributed by atoms with E-state index in [0.717, 1.165) is 25.1 Å². The van der Waals surface area contributed by atoms with E-state index >= 15 is 0 Å². The van der Waals surface area contributed by atoms with Gasteiger partial charge < -0.3 is 9.80 Å². The van der Waals surface area contributed by atoms with Crippen molar-refractivity contribution >= 4 is 11.8 Å². The van der Waals surface area contributed by atoms with E-state index in [1.165, 1.54) is 0 Å². The summed E-state index contributed by atoms with van der Waals surface area (Å²) in [6.45, 7) is 2.12. The zero-order valence-corrected chi connectivity index (χ0v) is 14.7. The molecule has 1 saturated heterocycles. The van der Waals surface area contributed by atoms with Crippen molar-refractivity contribution in [3.63, 3.8) is 0 Å². The Morgan fingerprint density at radius 2 is 2.08 bits per heavy atom. The van der Waals surface area contributed by atoms with E-state index < -0.39 is 6.67 Å². The molecular weight excluding hydrogens is 333 g/mol. The Morgan fingerprint density at radius 1 is 1.19 bits per heavy atom. The lowest BCUT2D eigenvalue weighted by Crippen LogP contribution is -2.33. The van der Waals surface area contributed by atoms with Crippen LogP contribution < -0.4 is 15.4 Å². The van der Waals surface area contributed by atoms with Crippen molar-refractivity contribution in [2.75, 3.05) is 36.0 Å². The smallest absolute Gasteiger partial charge is 0.255 e. The molecule has 0 aromatic carbocycles. The third kappa shape index (κ3) is 3.30. The van der Waals surface area contributed by atoms with Gasteiger partial charge in [-0.15, -0.1) is 0 Å². The van der Waals surface area contributed by atoms with Gasteiger partial charge in [-0.3, -0.25) is 9.78 Å². The van der Waals surface area contributed by atoms with Gasteiger partial charge in [-0.05, 0) is 31.7 Å². The zero-order chi connectivity index (χ0) is 18.8. The summed E-state index contributed by atoms with van der Waals surface area (Å²) in [5, 5.41) is 0. The van der Waals surface area contributed by atoms with Gasteiger partial charge in [0, 0.05) is 51.3 Å². The fraction of sp³-hybridized carbons (Fsp3) is 0.526. The first-order chi connectivity index (χ1) is 13.2. The number of fused-ring (bicyclic) bond motifs is 1. The van der Waals surface area contributed by atoms with E-state index in [9.17, 15) is 9.18 Å². The van der Waals surface area contributed by atoms with Gasteiger partial charge in [-0.2, -0.15) is 0 Å². The Kier molecular flexibility index (Phi) is 4.51. The molecule has 1 fully saturated rings. The minimum absolute atomic E-state index is 0.101. The predicted molar refractivity (Wildman–Crippen MR) is 99.6 cm³/mol. The molecule has 0 amide bonds. The van der Waals surface area contributed by atoms with Crippen LogP contribution in [0.1, 0.15) is 37.4 Å². The second-order valence-corrected chi connectivity index (χ2v) is 6.80. The van der Waals surface area contributed by atoms with Gasteiger partial charge in [0.2, 0.25) is 5.95 Å². The number of hydrogen-bond acceptors (Lipinski definition) is 5. The number of hydrogen-bond donors (Lipinski definition) is 1. The lowest BCUT2D eigenvalue weighted by Gasteiger charge is -2.27. The summed E-state index contributed by atoms with van der Waals surface area (Å²) in [5.74, 6) is 1.23. The monoisotopic (exact) mass is 359 g/mol. The summed E-state index contributed by atoms with van der Waals surface area (Å²) >= 11 is 0. The molecule has 0 spiro atoms. The maximum absolute atomic E-state index is 13.3. The molecule has 2 aromatic heterocycles. The van der Waals surface area contributed by atoms with Crippen molar-refractivity contribution < 1.29 is 5.76 Å². The van der Waals surface area contributed by atoms with Crippen LogP contribution in [0.3, 0.4) is 0 Å². The maximum Gasteiger partial charge on any atom is 0.255 e. The molecule has 0 aliphatic carbocycles. The normalized spacial score (nSPS) is 21.1. The zero-order valence-electron chi connectivity index (χ0n) is 15.7. The Hall–Kier alpha value is -2.44. The summed E-state index contributed by atoms with van der Waals surface area (Å²) in [4.78, 5) is 28.7. The Morgan fingerprint density at radius 3 is 2.92 bits per heavy atom. The number of nitrogens with one attached hydrogen (secondary N) is 1. The number of nitrogens with zero attached hydrogens (tertiary/aromatic N) is 4. The van der Waals surface area contributed by atoms with Gasteiger partial charge in [-0.1, -0.05) is 6.07 Å². The van der Waals surface area contributed by atoms with Crippen LogP contribution in [0.25, 0.3) is 0 Å². The molecule has 1 atom stereocenters. The first-order valence-corrected chi connectivity index (χ1v) is 9.20. The highest BCUT2D eigenvalue weighted by Gasteiger charge is 2.22. The van der Waals surface area contributed by atoms with Crippen molar-refractivity contribution in [2.24, 2.45) is 0 Å². The van der Waals surface area contributed by atoms with Crippen LogP contribution >= 0.6 is 0 Å². The largest absolute Gasteiger partial charge is 0.356 e. The van der Waals surface area contributed by atoms with Gasteiger partial charge in [0.15, 0.2) is 0 Å². The molecule has 2 aromatic rings. The molecule has 4 heterocycles. The highest BCUT2D eigenvalue weighted by Crippen LogP contribution is 2.22. The van der Waals surface area contributed by atoms with Crippen molar-refractivity contribution in [1.82, 2.24) is 15.0 Å². The fourth-order valence-corrected chi connectivity index (χ4v) is 3.73. The molecule has 1 N–H and O–H groups in total. The fourth-order valence-electron chi connectivity index (χ4n) is 3.73. The second-order valence-electron chi connectivity index (χ2n) is 6.80. The Bertz CT molecular complexity index is 873. The average molecular weight is 359 g/mol. The average Bonchev–Trinajstić information content (AvgIpc) is 2.91. The standard InChI is InChI=1S/C19H24FN5O/c20-13-14-5-4-8-21-17(14)24-11-6-15-16(7-12-24)22-19(23-18(15)26)25-9-2-1-3-10-25/h4-5,8H,1-3,6-7,9-13H2,(H,22,23,26)/i2T. The number of aromatic amines is 1. The van der Waals surface area contributed by atoms with Crippen molar-refractivity contribution in [3.8, 4) is 0 Å². The molecule has 6 nitrogen and oxygen atoms in total. The number of pyridine rings is 1. The summed E-state index contributed by atoms with van der Waals surface area (Å²) in [6, 6.07) is 3.48. The highest BCUT2D eigenvalue weighted by molar-refractivity contribution is 5.48. The first kappa shape index (κ1) is 15.8. The van der Waals surface area contributed by atoms with Gasteiger partial charge in [-0.25, -0.2) is 14.4 Å². The van der Waals surface area contributed by atoms with Crippen LogP contribution in [-0.2, 0) is 19.5 Å². The summed E-state index contributed by atoms with van der Waals surface area (Å²) in [6.07, 6.45) is 4.54. The third-order valence-electron chi connectivity index (χ3n) is 5.14. The van der Waals surface area contributed by atoms with E-state index in [1.807, 2.05) is 9.80 Å². The summed E-state index contributed by atoms with van der Waals surface area (Å²) < 4.78 is 21.3. The topological polar surface area (TPSA) is 65.1 Å². The maximum atomic E-state index is 13.3. The Balaban J connectivity index is 1.59. The summed E-state index contributed by atoms with van der Waals surface area (Å²) in [7, 11) is 0. The number of halogens is 1. The Labute approximate surface area is 153 Å². The van der Waals surface area contributed by atoms with E-state index in [-0.39, 0.29) is 12.0 Å². The lowest BCUT2D eigenvalue weighted by atomic mass is 10.1. The molecule has 2 aliphatic rings. The van der Waals surface area contributed by atoms with E-state index in [4.69, 9.17) is 6.35 Å². The number of piperidine rings is 1. The van der Waals surface area contributed by atoms with Crippen molar-refractivity contribution in [2.45, 2.75) is 38.8 Å². The van der Waals surface area contributed by atoms with Crippen LogP contribution in [0, 0.1) is 0 Å². The number of H-pyrrole nitrogens is 1. The van der Waals surface area contributed by atoms with E-state index in [2.05, 4.69) is 9.97 Å². The van der Waals surface area contributed by atoms with Crippen LogP contribution in [0.2, 0.25) is 0 Å². The highest BCUT2D eigenvalue weighted by atomic mass is 19.1. The van der Waals surface area contributed by atoms with Crippen LogP contribution in [0.15, 0.2) is 23.1 Å². The van der Waals surface area contributed by atoms with Crippen LogP contribution in [0.4, 0.5) is 16.2 Å². The molecular formula is C19H24FN5O. The number of aromatic nitrogens is 3. The summed E-state index contributed by atoms with van der Waals surface area (Å²) in [5.41, 5.74) is 1.98. The van der Waals surface area contributed by atoms with E-state index in [1.54, 1.807) is 18.3 Å². The van der Waals surface area contributed by atoms with Crippen molar-refractivity contribution in [1.29, 1.82) is 0 Å². The molecule has 26 heavy (non-hydrogen) atoms. The van der Waals surface area contributed by atoms with Crippen LogP contribution in [0.5, 0.6) is 0 Å². The molecule has 0 radical (unpaired) electrons. The second kappa shape index (κ2) is 7.43. The molecule has 0 saturated carbocycles. The molecule has 4 rings (SSSR count). The molecule has 1 unspecified atom stereocenters. The molecule has 7 heteroatoms. The van der Waals surface area contributed by atoms with Gasteiger partial charge in [0.25, 0.3) is 5.56 Å².